The number of rotatable bonds is 10. The van der Waals surface area contributed by atoms with Gasteiger partial charge in [0.15, 0.2) is 0 Å². The lowest BCUT2D eigenvalue weighted by atomic mass is 9.86. The first-order valence-electron chi connectivity index (χ1n) is 12.4. The predicted molar refractivity (Wildman–Crippen MR) is 136 cm³/mol. The standard InChI is InChI=1S/C26H33N7O4/c1-17-11-20(13-23(28-17)26(35)27-14-19-5-4-6-22(12-19)37-3)25-30-32-33(31-25)15-18-7-9-21(10-8-18)29-24(34)16-36-2/h4-6,11-13,18,21H,7-10,14-16H2,1-3H3,(H,27,35)(H,29,34)/t18-,21+. The number of aromatic nitrogens is 5. The van der Waals surface area contributed by atoms with E-state index in [0.717, 1.165) is 37.0 Å². The fourth-order valence-electron chi connectivity index (χ4n) is 4.53. The summed E-state index contributed by atoms with van der Waals surface area (Å²) < 4.78 is 10.1. The van der Waals surface area contributed by atoms with Crippen LogP contribution in [0.5, 0.6) is 5.75 Å². The van der Waals surface area contributed by atoms with Crippen molar-refractivity contribution in [3.05, 3.63) is 53.3 Å². The zero-order valence-electron chi connectivity index (χ0n) is 21.4. The second kappa shape index (κ2) is 12.4. The summed E-state index contributed by atoms with van der Waals surface area (Å²) in [5.74, 6) is 1.24. The fourth-order valence-corrected chi connectivity index (χ4v) is 4.53. The first-order valence-corrected chi connectivity index (χ1v) is 12.4. The molecule has 0 spiro atoms. The van der Waals surface area contributed by atoms with Gasteiger partial charge in [0.25, 0.3) is 5.91 Å². The summed E-state index contributed by atoms with van der Waals surface area (Å²) in [6.07, 6.45) is 3.78. The Labute approximate surface area is 216 Å². The smallest absolute Gasteiger partial charge is 0.270 e. The molecule has 0 unspecified atom stereocenters. The number of tetrazole rings is 1. The summed E-state index contributed by atoms with van der Waals surface area (Å²) in [5, 5.41) is 18.9. The van der Waals surface area contributed by atoms with E-state index in [1.807, 2.05) is 37.3 Å². The van der Waals surface area contributed by atoms with Crippen molar-refractivity contribution in [2.75, 3.05) is 20.8 Å². The molecule has 0 atom stereocenters. The average Bonchev–Trinajstić information content (AvgIpc) is 3.37. The molecule has 0 aliphatic heterocycles. The third-order valence-corrected chi connectivity index (χ3v) is 6.39. The Kier molecular flexibility index (Phi) is 8.78. The van der Waals surface area contributed by atoms with E-state index >= 15 is 0 Å². The Morgan fingerprint density at radius 2 is 1.92 bits per heavy atom. The van der Waals surface area contributed by atoms with E-state index in [1.165, 1.54) is 7.11 Å². The minimum absolute atomic E-state index is 0.0745. The minimum atomic E-state index is -0.283. The summed E-state index contributed by atoms with van der Waals surface area (Å²) >= 11 is 0. The van der Waals surface area contributed by atoms with Crippen molar-refractivity contribution in [1.82, 2.24) is 35.8 Å². The van der Waals surface area contributed by atoms with Gasteiger partial charge in [-0.05, 0) is 73.6 Å². The maximum atomic E-state index is 12.8. The van der Waals surface area contributed by atoms with Crippen LogP contribution in [-0.4, -0.2) is 63.9 Å². The molecule has 11 nitrogen and oxygen atoms in total. The summed E-state index contributed by atoms with van der Waals surface area (Å²) in [6, 6.07) is 11.2. The van der Waals surface area contributed by atoms with Gasteiger partial charge in [0.05, 0.1) is 13.7 Å². The molecule has 1 saturated carbocycles. The summed E-state index contributed by atoms with van der Waals surface area (Å²) in [4.78, 5) is 30.5. The quantitative estimate of drug-likeness (QED) is 0.427. The van der Waals surface area contributed by atoms with E-state index in [4.69, 9.17) is 9.47 Å². The molecule has 1 fully saturated rings. The topological polar surface area (TPSA) is 133 Å². The van der Waals surface area contributed by atoms with Crippen LogP contribution in [0.15, 0.2) is 36.4 Å². The van der Waals surface area contributed by atoms with Crippen molar-refractivity contribution >= 4 is 11.8 Å². The Hall–Kier alpha value is -3.86. The zero-order chi connectivity index (χ0) is 26.2. The molecule has 2 amide bonds. The summed E-state index contributed by atoms with van der Waals surface area (Å²) in [7, 11) is 3.12. The number of pyridine rings is 1. The van der Waals surface area contributed by atoms with Crippen LogP contribution in [0.3, 0.4) is 0 Å². The minimum Gasteiger partial charge on any atom is -0.497 e. The van der Waals surface area contributed by atoms with Crippen LogP contribution in [0, 0.1) is 12.8 Å². The number of hydrogen-bond donors (Lipinski definition) is 2. The number of methoxy groups -OCH3 is 2. The van der Waals surface area contributed by atoms with Crippen LogP contribution in [-0.2, 0) is 22.6 Å². The Morgan fingerprint density at radius 3 is 2.68 bits per heavy atom. The molecular weight excluding hydrogens is 474 g/mol. The van der Waals surface area contributed by atoms with Crippen LogP contribution >= 0.6 is 0 Å². The highest BCUT2D eigenvalue weighted by molar-refractivity contribution is 5.93. The van der Waals surface area contributed by atoms with Gasteiger partial charge in [0, 0.05) is 31.0 Å². The molecule has 37 heavy (non-hydrogen) atoms. The predicted octanol–water partition coefficient (Wildman–Crippen LogP) is 2.30. The SMILES string of the molecule is COCC(=O)N[C@H]1CC[C@@H](Cn2nnc(-c3cc(C)nc(C(=O)NCc4cccc(OC)c4)c3)n2)CC1. The van der Waals surface area contributed by atoms with Gasteiger partial charge < -0.3 is 20.1 Å². The fraction of sp³-hybridized carbons (Fsp3) is 0.462. The van der Waals surface area contributed by atoms with Crippen molar-refractivity contribution in [1.29, 1.82) is 0 Å². The number of carbonyl (C=O) groups excluding carboxylic acids is 2. The summed E-state index contributed by atoms with van der Waals surface area (Å²) in [6.45, 7) is 2.93. The van der Waals surface area contributed by atoms with Crippen LogP contribution in [0.2, 0.25) is 0 Å². The van der Waals surface area contributed by atoms with Crippen molar-refractivity contribution in [2.24, 2.45) is 5.92 Å². The van der Waals surface area contributed by atoms with Crippen molar-refractivity contribution in [3.8, 4) is 17.1 Å². The lowest BCUT2D eigenvalue weighted by molar-refractivity contribution is -0.125. The number of carbonyl (C=O) groups is 2. The number of nitrogens with one attached hydrogen (secondary N) is 2. The lowest BCUT2D eigenvalue weighted by Gasteiger charge is -2.28. The van der Waals surface area contributed by atoms with Crippen molar-refractivity contribution in [3.63, 3.8) is 0 Å². The molecule has 0 radical (unpaired) electrons. The molecule has 3 aromatic rings. The van der Waals surface area contributed by atoms with Gasteiger partial charge in [-0.1, -0.05) is 12.1 Å². The zero-order valence-corrected chi connectivity index (χ0v) is 21.4. The molecule has 2 aromatic heterocycles. The number of benzene rings is 1. The van der Waals surface area contributed by atoms with E-state index < -0.39 is 0 Å². The highest BCUT2D eigenvalue weighted by Gasteiger charge is 2.23. The molecule has 2 heterocycles. The molecular formula is C26H33N7O4. The number of aryl methyl sites for hydroxylation is 1. The first kappa shape index (κ1) is 26.2. The monoisotopic (exact) mass is 507 g/mol. The van der Waals surface area contributed by atoms with Gasteiger partial charge >= 0.3 is 0 Å². The van der Waals surface area contributed by atoms with E-state index in [9.17, 15) is 9.59 Å². The van der Waals surface area contributed by atoms with Crippen molar-refractivity contribution in [2.45, 2.75) is 51.7 Å². The van der Waals surface area contributed by atoms with Crippen LogP contribution < -0.4 is 15.4 Å². The maximum absolute atomic E-state index is 12.8. The van der Waals surface area contributed by atoms with E-state index in [1.54, 1.807) is 18.0 Å². The number of amides is 2. The molecule has 1 aromatic carbocycles. The average molecular weight is 508 g/mol. The Balaban J connectivity index is 1.34. The molecule has 0 saturated heterocycles. The van der Waals surface area contributed by atoms with Gasteiger partial charge in [-0.3, -0.25) is 9.59 Å². The van der Waals surface area contributed by atoms with E-state index in [0.29, 0.717) is 41.8 Å². The van der Waals surface area contributed by atoms with Crippen molar-refractivity contribution < 1.29 is 19.1 Å². The lowest BCUT2D eigenvalue weighted by Crippen LogP contribution is -2.39. The van der Waals surface area contributed by atoms with Gasteiger partial charge in [0.1, 0.15) is 18.1 Å². The second-order valence-electron chi connectivity index (χ2n) is 9.30. The molecule has 0 bridgehead atoms. The molecule has 1 aliphatic carbocycles. The summed E-state index contributed by atoms with van der Waals surface area (Å²) in [5.41, 5.74) is 2.60. The Bertz CT molecular complexity index is 1220. The van der Waals surface area contributed by atoms with Gasteiger partial charge in [-0.15, -0.1) is 10.2 Å². The third-order valence-electron chi connectivity index (χ3n) is 6.39. The second-order valence-corrected chi connectivity index (χ2v) is 9.30. The van der Waals surface area contributed by atoms with Crippen LogP contribution in [0.25, 0.3) is 11.4 Å². The van der Waals surface area contributed by atoms with Crippen LogP contribution in [0.4, 0.5) is 0 Å². The highest BCUT2D eigenvalue weighted by atomic mass is 16.5. The number of ether oxygens (including phenoxy) is 2. The Morgan fingerprint density at radius 1 is 1.11 bits per heavy atom. The van der Waals surface area contributed by atoms with E-state index in [-0.39, 0.29) is 24.5 Å². The molecule has 196 valence electrons. The van der Waals surface area contributed by atoms with Gasteiger partial charge in [0.2, 0.25) is 11.7 Å². The van der Waals surface area contributed by atoms with Crippen LogP contribution in [0.1, 0.15) is 47.4 Å². The molecule has 4 rings (SSSR count). The van der Waals surface area contributed by atoms with Gasteiger partial charge in [-0.2, -0.15) is 4.80 Å². The highest BCUT2D eigenvalue weighted by Crippen LogP contribution is 2.26. The molecule has 1 aliphatic rings. The number of hydrogen-bond acceptors (Lipinski definition) is 8. The largest absolute Gasteiger partial charge is 0.497 e. The number of nitrogens with zero attached hydrogens (tertiary/aromatic N) is 5. The molecule has 11 heteroatoms. The maximum Gasteiger partial charge on any atom is 0.270 e. The van der Waals surface area contributed by atoms with Gasteiger partial charge in [-0.25, -0.2) is 4.98 Å². The molecule has 2 N–H and O–H groups in total. The normalized spacial score (nSPS) is 17.3. The first-order chi connectivity index (χ1) is 17.9. The third kappa shape index (κ3) is 7.32. The van der Waals surface area contributed by atoms with E-state index in [2.05, 4.69) is 31.0 Å².